The van der Waals surface area contributed by atoms with Gasteiger partial charge in [-0.3, -0.25) is 0 Å². The first kappa shape index (κ1) is 13.2. The van der Waals surface area contributed by atoms with Crippen LogP contribution in [0, 0.1) is 5.82 Å². The summed E-state index contributed by atoms with van der Waals surface area (Å²) in [5, 5.41) is 0.288. The van der Waals surface area contributed by atoms with Crippen molar-refractivity contribution in [3.63, 3.8) is 0 Å². The predicted molar refractivity (Wildman–Crippen MR) is 68.2 cm³/mol. The molecule has 0 bridgehead atoms. The normalized spacial score (nSPS) is 10.3. The van der Waals surface area contributed by atoms with Gasteiger partial charge in [0.05, 0.1) is 24.0 Å². The number of carbonyl (C=O) groups excluding carboxylic acids is 1. The summed E-state index contributed by atoms with van der Waals surface area (Å²) >= 11 is 5.95. The van der Waals surface area contributed by atoms with E-state index in [2.05, 4.69) is 14.7 Å². The molecule has 1 aromatic carbocycles. The molecule has 0 radical (unpaired) electrons. The fourth-order valence-corrected chi connectivity index (χ4v) is 1.68. The molecular formula is C12H9ClFN3O2. The van der Waals surface area contributed by atoms with Gasteiger partial charge in [0.2, 0.25) is 0 Å². The summed E-state index contributed by atoms with van der Waals surface area (Å²) in [4.78, 5) is 19.3. The number of nitrogens with zero attached hydrogens (tertiary/aromatic N) is 2. The Morgan fingerprint density at radius 2 is 2.21 bits per heavy atom. The molecule has 0 saturated carbocycles. The molecule has 0 atom stereocenters. The Morgan fingerprint density at radius 1 is 1.47 bits per heavy atom. The standard InChI is InChI=1S/C12H9ClFN3O2/c1-19-12(18)10-11(15)16-5-9(17-10)7-4-6(14)2-3-8(7)13/h2-5H,1H3,(H2,15,16). The van der Waals surface area contributed by atoms with E-state index in [-0.39, 0.29) is 22.2 Å². The average molecular weight is 282 g/mol. The highest BCUT2D eigenvalue weighted by atomic mass is 35.5. The maximum Gasteiger partial charge on any atom is 0.360 e. The fraction of sp³-hybridized carbons (Fsp3) is 0.0833. The van der Waals surface area contributed by atoms with Crippen molar-refractivity contribution < 1.29 is 13.9 Å². The molecule has 0 aliphatic carbocycles. The maximum absolute atomic E-state index is 13.2. The van der Waals surface area contributed by atoms with E-state index < -0.39 is 11.8 Å². The van der Waals surface area contributed by atoms with Crippen molar-refractivity contribution in [2.24, 2.45) is 0 Å². The molecular weight excluding hydrogens is 273 g/mol. The summed E-state index contributed by atoms with van der Waals surface area (Å²) in [5.74, 6) is -1.26. The van der Waals surface area contributed by atoms with Gasteiger partial charge in [-0.15, -0.1) is 0 Å². The number of halogens is 2. The minimum Gasteiger partial charge on any atom is -0.464 e. The van der Waals surface area contributed by atoms with Crippen LogP contribution < -0.4 is 5.73 Å². The largest absolute Gasteiger partial charge is 0.464 e. The van der Waals surface area contributed by atoms with Crippen molar-refractivity contribution >= 4 is 23.4 Å². The number of aromatic nitrogens is 2. The Balaban J connectivity index is 2.57. The van der Waals surface area contributed by atoms with Crippen molar-refractivity contribution in [3.8, 4) is 11.3 Å². The Kier molecular flexibility index (Phi) is 3.62. The second-order valence-electron chi connectivity index (χ2n) is 3.60. The van der Waals surface area contributed by atoms with Gasteiger partial charge < -0.3 is 10.5 Å². The minimum atomic E-state index is -0.723. The summed E-state index contributed by atoms with van der Waals surface area (Å²) in [7, 11) is 1.20. The number of ether oxygens (including phenoxy) is 1. The zero-order chi connectivity index (χ0) is 14.0. The van der Waals surface area contributed by atoms with Gasteiger partial charge >= 0.3 is 5.97 Å². The van der Waals surface area contributed by atoms with E-state index in [1.54, 1.807) is 0 Å². The van der Waals surface area contributed by atoms with Crippen LogP contribution >= 0.6 is 11.6 Å². The number of benzene rings is 1. The van der Waals surface area contributed by atoms with E-state index in [1.165, 1.54) is 31.5 Å². The monoisotopic (exact) mass is 281 g/mol. The predicted octanol–water partition coefficient (Wildman–Crippen LogP) is 2.30. The summed E-state index contributed by atoms with van der Waals surface area (Å²) in [5.41, 5.74) is 5.95. The molecule has 0 aliphatic rings. The Labute approximate surface area is 113 Å². The lowest BCUT2D eigenvalue weighted by atomic mass is 10.1. The highest BCUT2D eigenvalue weighted by Gasteiger charge is 2.16. The fourth-order valence-electron chi connectivity index (χ4n) is 1.47. The lowest BCUT2D eigenvalue weighted by molar-refractivity contribution is 0.0595. The van der Waals surface area contributed by atoms with Crippen LogP contribution in [0.4, 0.5) is 10.2 Å². The molecule has 1 heterocycles. The quantitative estimate of drug-likeness (QED) is 0.855. The first-order valence-corrected chi connectivity index (χ1v) is 5.57. The van der Waals surface area contributed by atoms with Crippen LogP contribution in [0.1, 0.15) is 10.5 Å². The summed E-state index contributed by atoms with van der Waals surface area (Å²) < 4.78 is 17.7. The van der Waals surface area contributed by atoms with Gasteiger partial charge in [0.15, 0.2) is 11.5 Å². The highest BCUT2D eigenvalue weighted by molar-refractivity contribution is 6.33. The number of esters is 1. The number of methoxy groups -OCH3 is 1. The molecule has 2 aromatic rings. The third-order valence-electron chi connectivity index (χ3n) is 2.38. The molecule has 0 fully saturated rings. The van der Waals surface area contributed by atoms with Crippen molar-refractivity contribution in [2.75, 3.05) is 12.8 Å². The molecule has 2 rings (SSSR count). The lowest BCUT2D eigenvalue weighted by Crippen LogP contribution is -2.10. The van der Waals surface area contributed by atoms with Crippen LogP contribution in [0.15, 0.2) is 24.4 Å². The van der Waals surface area contributed by atoms with E-state index in [9.17, 15) is 9.18 Å². The first-order chi connectivity index (χ1) is 9.02. The third-order valence-corrected chi connectivity index (χ3v) is 2.71. The lowest BCUT2D eigenvalue weighted by Gasteiger charge is -2.07. The Bertz CT molecular complexity index is 649. The van der Waals surface area contributed by atoms with E-state index in [4.69, 9.17) is 17.3 Å². The molecule has 19 heavy (non-hydrogen) atoms. The van der Waals surface area contributed by atoms with Gasteiger partial charge in [0.25, 0.3) is 0 Å². The van der Waals surface area contributed by atoms with Crippen LogP contribution in [0.25, 0.3) is 11.3 Å². The van der Waals surface area contributed by atoms with Crippen LogP contribution in [0.2, 0.25) is 5.02 Å². The molecule has 0 spiro atoms. The molecule has 7 heteroatoms. The molecule has 5 nitrogen and oxygen atoms in total. The number of nitrogens with two attached hydrogens (primary N) is 1. The third kappa shape index (κ3) is 2.63. The SMILES string of the molecule is COC(=O)c1nc(-c2cc(F)ccc2Cl)cnc1N. The number of rotatable bonds is 2. The number of hydrogen-bond donors (Lipinski definition) is 1. The molecule has 0 unspecified atom stereocenters. The van der Waals surface area contributed by atoms with Crippen LogP contribution in [-0.4, -0.2) is 23.0 Å². The van der Waals surface area contributed by atoms with Crippen molar-refractivity contribution in [1.82, 2.24) is 9.97 Å². The second kappa shape index (κ2) is 5.19. The zero-order valence-electron chi connectivity index (χ0n) is 9.85. The van der Waals surface area contributed by atoms with Gasteiger partial charge in [-0.2, -0.15) is 0 Å². The van der Waals surface area contributed by atoms with E-state index in [1.807, 2.05) is 0 Å². The minimum absolute atomic E-state index is 0.0666. The first-order valence-electron chi connectivity index (χ1n) is 5.19. The second-order valence-corrected chi connectivity index (χ2v) is 4.01. The summed E-state index contributed by atoms with van der Waals surface area (Å²) in [6.45, 7) is 0. The smallest absolute Gasteiger partial charge is 0.360 e. The van der Waals surface area contributed by atoms with Crippen molar-refractivity contribution in [2.45, 2.75) is 0 Å². The summed E-state index contributed by atoms with van der Waals surface area (Å²) in [6.07, 6.45) is 1.31. The van der Waals surface area contributed by atoms with Gasteiger partial charge in [0.1, 0.15) is 5.82 Å². The van der Waals surface area contributed by atoms with Gasteiger partial charge in [-0.25, -0.2) is 19.2 Å². The van der Waals surface area contributed by atoms with Crippen molar-refractivity contribution in [3.05, 3.63) is 40.9 Å². The maximum atomic E-state index is 13.2. The Hall–Kier alpha value is -2.21. The van der Waals surface area contributed by atoms with Crippen LogP contribution in [-0.2, 0) is 4.74 Å². The Morgan fingerprint density at radius 3 is 2.89 bits per heavy atom. The van der Waals surface area contributed by atoms with Crippen LogP contribution in [0.5, 0.6) is 0 Å². The summed E-state index contributed by atoms with van der Waals surface area (Å²) in [6, 6.07) is 3.81. The molecule has 1 aromatic heterocycles. The van der Waals surface area contributed by atoms with Gasteiger partial charge in [-0.1, -0.05) is 11.6 Å². The van der Waals surface area contributed by atoms with Crippen molar-refractivity contribution in [1.29, 1.82) is 0 Å². The molecule has 98 valence electrons. The zero-order valence-corrected chi connectivity index (χ0v) is 10.6. The molecule has 0 saturated heterocycles. The number of carbonyl (C=O) groups is 1. The van der Waals surface area contributed by atoms with Gasteiger partial charge in [-0.05, 0) is 18.2 Å². The highest BCUT2D eigenvalue weighted by Crippen LogP contribution is 2.27. The van der Waals surface area contributed by atoms with Gasteiger partial charge in [0, 0.05) is 5.56 Å². The number of nitrogen functional groups attached to an aromatic ring is 1. The van der Waals surface area contributed by atoms with E-state index in [0.717, 1.165) is 0 Å². The number of hydrogen-bond acceptors (Lipinski definition) is 5. The topological polar surface area (TPSA) is 78.1 Å². The number of anilines is 1. The van der Waals surface area contributed by atoms with E-state index >= 15 is 0 Å². The molecule has 0 amide bonds. The van der Waals surface area contributed by atoms with Crippen LogP contribution in [0.3, 0.4) is 0 Å². The average Bonchev–Trinajstić information content (AvgIpc) is 2.41. The molecule has 0 aliphatic heterocycles. The molecule has 2 N–H and O–H groups in total. The van der Waals surface area contributed by atoms with E-state index in [0.29, 0.717) is 5.56 Å².